The first-order valence-corrected chi connectivity index (χ1v) is 33.2. The van der Waals surface area contributed by atoms with Crippen LogP contribution in [0.15, 0.2) is 255 Å². The first kappa shape index (κ1) is 51.9. The lowest BCUT2D eigenvalue weighted by molar-refractivity contribution is 0.590. The Labute approximate surface area is 529 Å². The first-order valence-electron chi connectivity index (χ1n) is 31.6. The molecule has 0 fully saturated rings. The van der Waals surface area contributed by atoms with Crippen molar-refractivity contribution in [3.8, 4) is 66.8 Å². The van der Waals surface area contributed by atoms with Gasteiger partial charge in [-0.05, 0) is 162 Å². The van der Waals surface area contributed by atoms with Gasteiger partial charge in [0, 0.05) is 83.4 Å². The van der Waals surface area contributed by atoms with E-state index in [-0.39, 0.29) is 10.8 Å². The Bertz CT molecular complexity index is 5680. The number of hydrogen-bond donors (Lipinski definition) is 0. The molecule has 90 heavy (non-hydrogen) atoms. The quantitative estimate of drug-likeness (QED) is 0.157. The fraction of sp³-hybridized carbons (Fsp3) is 0.0930. The van der Waals surface area contributed by atoms with Gasteiger partial charge in [-0.3, -0.25) is 0 Å². The largest absolute Gasteiger partial charge is 0.308 e. The maximum atomic E-state index is 2.66. The predicted molar refractivity (Wildman–Crippen MR) is 392 cm³/mol. The highest BCUT2D eigenvalue weighted by Crippen LogP contribution is 2.54. The van der Waals surface area contributed by atoms with Gasteiger partial charge in [-0.1, -0.05) is 224 Å². The molecule has 0 radical (unpaired) electrons. The minimum Gasteiger partial charge on any atom is -0.308 e. The third-order valence-corrected chi connectivity index (χ3v) is 22.1. The van der Waals surface area contributed by atoms with Crippen molar-refractivity contribution >= 4 is 139 Å². The molecule has 0 aliphatic rings. The second-order valence-electron chi connectivity index (χ2n) is 27.1. The predicted octanol–water partition coefficient (Wildman–Crippen LogP) is 25.3. The maximum Gasteiger partial charge on any atom is 0.0627 e. The zero-order valence-corrected chi connectivity index (χ0v) is 52.6. The SMILES string of the molecule is CC(C)(C)c1cc(-c2ccccc2)c(-c2ccc3c4c5c(cc6c7cc8c(cc7n(c3c2)c64)c2cc3sc4ccccc4c3c3c4ccc(-c6c(-c7ccccc7)cc(C(C)(C)C)cc6-c6ccccc6)cc4n8c23)sc2ccccc25)c(-c2ccccc2)c1. The van der Waals surface area contributed by atoms with Gasteiger partial charge in [0.2, 0.25) is 0 Å². The van der Waals surface area contributed by atoms with Crippen LogP contribution in [0.5, 0.6) is 0 Å². The molecule has 0 N–H and O–H groups in total. The summed E-state index contributed by atoms with van der Waals surface area (Å²) in [6.07, 6.45) is 0. The highest BCUT2D eigenvalue weighted by atomic mass is 32.1. The number of fused-ring (bicyclic) bond motifs is 20. The highest BCUT2D eigenvalue weighted by molar-refractivity contribution is 7.26. The molecule has 426 valence electrons. The standard InChI is InChI=1S/C86H60N2S2/c1-85(2,3)55-41-61(49-23-11-7-12-24-49)77(62(42-55)50-25-13-8-14-26-50)53-35-37-57-69(39-53)87-71-45-66-68-48-76-80(60-32-20-22-34-74(60)90-76)82-58-38-36-54(78-63(51-27-15-9-16-28-51)43-56(86(4,5)6)44-64(78)52-29-17-10-18-30-52)40-70(58)88(84(68)82)72(66)46-65(71)67-47-75-79(81(57)83(67)87)59-31-19-21-33-73(59)89-75/h7-48H,1-6H3. The van der Waals surface area contributed by atoms with Crippen molar-refractivity contribution in [2.24, 2.45) is 0 Å². The molecule has 6 heterocycles. The van der Waals surface area contributed by atoms with E-state index in [1.54, 1.807) is 0 Å². The molecule has 19 aromatic rings. The van der Waals surface area contributed by atoms with Crippen molar-refractivity contribution in [2.75, 3.05) is 0 Å². The van der Waals surface area contributed by atoms with E-state index in [2.05, 4.69) is 305 Å². The third-order valence-electron chi connectivity index (χ3n) is 19.8. The maximum absolute atomic E-state index is 2.66. The second kappa shape index (κ2) is 18.7. The lowest BCUT2D eigenvalue weighted by atomic mass is 9.79. The Morgan fingerprint density at radius 2 is 0.567 bits per heavy atom. The molecule has 0 spiro atoms. The Morgan fingerprint density at radius 3 is 0.911 bits per heavy atom. The average molecular weight is 1190 g/mol. The summed E-state index contributed by atoms with van der Waals surface area (Å²) in [6.45, 7) is 14.0. The van der Waals surface area contributed by atoms with Crippen LogP contribution in [0.25, 0.3) is 183 Å². The minimum absolute atomic E-state index is 0.0749. The summed E-state index contributed by atoms with van der Waals surface area (Å²) in [4.78, 5) is 0. The van der Waals surface area contributed by atoms with Gasteiger partial charge in [0.15, 0.2) is 0 Å². The van der Waals surface area contributed by atoms with Crippen molar-refractivity contribution in [1.29, 1.82) is 0 Å². The Kier molecular flexibility index (Phi) is 10.8. The lowest BCUT2D eigenvalue weighted by Crippen LogP contribution is -2.12. The van der Waals surface area contributed by atoms with E-state index in [9.17, 15) is 0 Å². The zero-order valence-electron chi connectivity index (χ0n) is 51.0. The van der Waals surface area contributed by atoms with Gasteiger partial charge in [0.05, 0.1) is 33.1 Å². The van der Waals surface area contributed by atoms with Crippen molar-refractivity contribution in [2.45, 2.75) is 52.4 Å². The molecule has 0 aliphatic carbocycles. The number of nitrogens with zero attached hydrogens (tertiary/aromatic N) is 2. The number of aromatic nitrogens is 2. The first-order chi connectivity index (χ1) is 43.9. The Balaban J connectivity index is 0.958. The molecule has 0 amide bonds. The van der Waals surface area contributed by atoms with E-state index in [4.69, 9.17) is 0 Å². The van der Waals surface area contributed by atoms with Crippen LogP contribution in [0.1, 0.15) is 52.7 Å². The van der Waals surface area contributed by atoms with Crippen molar-refractivity contribution < 1.29 is 0 Å². The van der Waals surface area contributed by atoms with Crippen molar-refractivity contribution in [3.05, 3.63) is 266 Å². The molecule has 0 atom stereocenters. The Morgan fingerprint density at radius 1 is 0.244 bits per heavy atom. The molecular formula is C86H60N2S2. The molecule has 19 rings (SSSR count). The summed E-state index contributed by atoms with van der Waals surface area (Å²) in [5, 5.41) is 15.7. The number of rotatable bonds is 6. The lowest BCUT2D eigenvalue weighted by Gasteiger charge is -2.25. The molecule has 4 heteroatoms. The molecule has 6 aromatic heterocycles. The topological polar surface area (TPSA) is 8.82 Å². The fourth-order valence-corrected chi connectivity index (χ4v) is 17.9. The summed E-state index contributed by atoms with van der Waals surface area (Å²) in [7, 11) is 0. The van der Waals surface area contributed by atoms with Gasteiger partial charge in [0.1, 0.15) is 0 Å². The summed E-state index contributed by atoms with van der Waals surface area (Å²) >= 11 is 3.85. The number of thiophene rings is 2. The van der Waals surface area contributed by atoms with E-state index < -0.39 is 0 Å². The average Bonchev–Trinajstić information content (AvgIpc) is 1.51. The molecule has 0 saturated heterocycles. The van der Waals surface area contributed by atoms with Crippen LogP contribution in [-0.4, -0.2) is 8.80 Å². The summed E-state index contributed by atoms with van der Waals surface area (Å²) in [5.41, 5.74) is 24.7. The summed E-state index contributed by atoms with van der Waals surface area (Å²) in [6, 6.07) is 97.3. The summed E-state index contributed by atoms with van der Waals surface area (Å²) in [5.74, 6) is 0. The van der Waals surface area contributed by atoms with Crippen LogP contribution in [0.4, 0.5) is 0 Å². The molecule has 13 aromatic carbocycles. The van der Waals surface area contributed by atoms with E-state index in [0.717, 1.165) is 0 Å². The molecule has 0 unspecified atom stereocenters. The van der Waals surface area contributed by atoms with Gasteiger partial charge in [-0.25, -0.2) is 0 Å². The van der Waals surface area contributed by atoms with E-state index in [1.165, 1.54) is 194 Å². The van der Waals surface area contributed by atoms with Crippen LogP contribution in [-0.2, 0) is 10.8 Å². The van der Waals surface area contributed by atoms with Crippen LogP contribution in [0, 0.1) is 0 Å². The monoisotopic (exact) mass is 1180 g/mol. The molecule has 0 saturated carbocycles. The summed E-state index contributed by atoms with van der Waals surface area (Å²) < 4.78 is 10.6. The van der Waals surface area contributed by atoms with Gasteiger partial charge in [0.25, 0.3) is 0 Å². The highest BCUT2D eigenvalue weighted by Gasteiger charge is 2.30. The van der Waals surface area contributed by atoms with E-state index in [0.29, 0.717) is 0 Å². The minimum atomic E-state index is -0.0749. The number of hydrogen-bond acceptors (Lipinski definition) is 2. The molecular weight excluding hydrogens is 1130 g/mol. The van der Waals surface area contributed by atoms with E-state index >= 15 is 0 Å². The third kappa shape index (κ3) is 7.38. The van der Waals surface area contributed by atoms with Crippen molar-refractivity contribution in [1.82, 2.24) is 8.80 Å². The number of benzene rings is 13. The van der Waals surface area contributed by atoms with Crippen LogP contribution >= 0.6 is 22.7 Å². The zero-order chi connectivity index (χ0) is 60.1. The Hall–Kier alpha value is -10.1. The van der Waals surface area contributed by atoms with Crippen LogP contribution < -0.4 is 0 Å². The van der Waals surface area contributed by atoms with Gasteiger partial charge >= 0.3 is 0 Å². The molecule has 2 nitrogen and oxygen atoms in total. The van der Waals surface area contributed by atoms with Gasteiger partial charge in [-0.15, -0.1) is 22.7 Å². The molecule has 0 aliphatic heterocycles. The van der Waals surface area contributed by atoms with Gasteiger partial charge < -0.3 is 8.80 Å². The van der Waals surface area contributed by atoms with E-state index in [1.807, 2.05) is 22.7 Å². The van der Waals surface area contributed by atoms with Crippen LogP contribution in [0.3, 0.4) is 0 Å². The van der Waals surface area contributed by atoms with Crippen LogP contribution in [0.2, 0.25) is 0 Å². The normalized spacial score (nSPS) is 12.8. The van der Waals surface area contributed by atoms with Crippen molar-refractivity contribution in [3.63, 3.8) is 0 Å². The second-order valence-corrected chi connectivity index (χ2v) is 29.3. The fourth-order valence-electron chi connectivity index (χ4n) is 15.6. The smallest absolute Gasteiger partial charge is 0.0627 e. The van der Waals surface area contributed by atoms with Gasteiger partial charge in [-0.2, -0.15) is 0 Å². The molecule has 0 bridgehead atoms.